The third-order valence-corrected chi connectivity index (χ3v) is 36.9. The number of benzene rings is 3. The number of aldehydes is 3. The number of aliphatic hydroxyl groups is 11. The van der Waals surface area contributed by atoms with Crippen LogP contribution in [0, 0.1) is 110 Å². The normalized spacial score (nSPS) is 39.8. The summed E-state index contributed by atoms with van der Waals surface area (Å²) in [4.78, 5) is 137. The second kappa shape index (κ2) is 43.7. The highest BCUT2D eigenvalue weighted by atomic mass is 16.6. The molecule has 35 heteroatoms. The number of carbonyl (C=O) groups excluding carboxylic acids is 10. The number of ketones is 3. The van der Waals surface area contributed by atoms with E-state index in [1.54, 1.807) is 182 Å². The van der Waals surface area contributed by atoms with Gasteiger partial charge in [-0.2, -0.15) is 0 Å². The Kier molecular flexibility index (Phi) is 35.0. The lowest BCUT2D eigenvalue weighted by molar-refractivity contribution is -0.338. The minimum Gasteiger partial charge on any atom is -0.479 e. The third kappa shape index (κ3) is 19.4. The average Bonchev–Trinajstić information content (AvgIpc) is 1.37. The van der Waals surface area contributed by atoms with Crippen molar-refractivity contribution < 1.29 is 157 Å². The summed E-state index contributed by atoms with van der Waals surface area (Å²) in [5.41, 5.74) is -6.96. The van der Waals surface area contributed by atoms with Crippen molar-refractivity contribution in [2.75, 3.05) is 33.0 Å². The maximum absolute atomic E-state index is 14.7. The van der Waals surface area contributed by atoms with E-state index < -0.39 is 235 Å². The maximum atomic E-state index is 14.7. The Hall–Kier alpha value is -9.71. The van der Waals surface area contributed by atoms with Crippen LogP contribution < -0.4 is 5.73 Å². The molecule has 33 atom stereocenters. The molecule has 11 fully saturated rings. The number of esters is 2. The molecule has 0 spiro atoms. The number of amides is 2. The Morgan fingerprint density at radius 3 is 1.13 bits per heavy atom. The fourth-order valence-corrected chi connectivity index (χ4v) is 28.4. The zero-order chi connectivity index (χ0) is 112. The number of carboxylic acids is 1. The monoisotopic (exact) mass is 2080 g/mol. The van der Waals surface area contributed by atoms with E-state index in [1.807, 2.05) is 61.5 Å². The highest BCUT2D eigenvalue weighted by Crippen LogP contribution is 2.70. The molecule has 3 aromatic rings. The first kappa shape index (κ1) is 120. The van der Waals surface area contributed by atoms with Gasteiger partial charge >= 0.3 is 30.1 Å². The van der Waals surface area contributed by atoms with Crippen LogP contribution in [-0.4, -0.2) is 289 Å². The van der Waals surface area contributed by atoms with Crippen LogP contribution in [0.1, 0.15) is 253 Å². The zero-order valence-corrected chi connectivity index (χ0v) is 90.4. The summed E-state index contributed by atoms with van der Waals surface area (Å²) in [6, 6.07) is 23.7. The van der Waals surface area contributed by atoms with Crippen molar-refractivity contribution in [3.63, 3.8) is 0 Å². The lowest BCUT2D eigenvalue weighted by Crippen LogP contribution is -2.79. The SMILES string of the molecule is C#CCOC(=O)N1[C@@H](c2ccccc2)[C@H](C(=O)O)OC1(C)C.C#CCOC(=O)N1[C@@H](c2ccccc2)[C@H](C(=O)O[C@H]2C[C@@]3(O)[C@@H](O)[C@@H]4[C@]5(O)CO[C@@H]5C[C@H](C)[C@@]4(C)C(=O)[C@H](C)C(=C2C)C3(C)C)OC1(C)C.CC1=C2[C@@H](C)C(=O)[C@@]3(C)[C@H]([C@H](O)[C@](O)(C[C@@H]1OC(=O)[C@H](O)[C@@H](N)c1ccccc1)C2(C)C)[C@]1(O)CO[C@@H]1C[C@@H]3C.CC=O.CC=O.CC=O.CC[C@H]1C(=O)[C@@]2(C)[C@H]([C@H](O)[C@]3(O)C[C@H](O)C(C)=C1C3(C)C)[C@]1(O)CO[C@@H]1C[C@@H]2C. The number of rotatable bonds is 12. The lowest BCUT2D eigenvalue weighted by atomic mass is 9.42. The van der Waals surface area contributed by atoms with Gasteiger partial charge in [-0.3, -0.25) is 24.2 Å². The third-order valence-electron chi connectivity index (χ3n) is 36.9. The number of nitrogens with zero attached hydrogens (tertiary/aromatic N) is 2. The second-order valence-electron chi connectivity index (χ2n) is 46.2. The Labute approximate surface area is 873 Å². The van der Waals surface area contributed by atoms with Crippen LogP contribution in [0.5, 0.6) is 0 Å². The van der Waals surface area contributed by atoms with Crippen molar-refractivity contribution in [3.05, 3.63) is 141 Å². The molecule has 6 saturated carbocycles. The molecule has 17 rings (SSSR count). The van der Waals surface area contributed by atoms with Gasteiger partial charge < -0.3 is 124 Å². The van der Waals surface area contributed by atoms with Crippen molar-refractivity contribution in [2.24, 2.45) is 91.5 Å². The van der Waals surface area contributed by atoms with Crippen LogP contribution in [0.3, 0.4) is 0 Å². The molecule has 2 amide bonds. The van der Waals surface area contributed by atoms with Crippen LogP contribution in [-0.2, 0) is 85.8 Å². The van der Waals surface area contributed by atoms with E-state index in [0.717, 1.165) is 30.0 Å². The molecule has 14 N–H and O–H groups in total. The largest absolute Gasteiger partial charge is 0.479 e. The predicted octanol–water partition coefficient (Wildman–Crippen LogP) is 9.73. The van der Waals surface area contributed by atoms with Crippen LogP contribution in [0.15, 0.2) is 124 Å². The summed E-state index contributed by atoms with van der Waals surface area (Å²) < 4.78 is 51.1. The molecule has 0 aromatic heterocycles. The Balaban J connectivity index is 0.000000190. The summed E-state index contributed by atoms with van der Waals surface area (Å²) >= 11 is 0. The van der Waals surface area contributed by atoms with Gasteiger partial charge in [0.15, 0.2) is 31.5 Å². The number of carboxylic acid groups (broad SMARTS) is 1. The van der Waals surface area contributed by atoms with Gasteiger partial charge in [0.2, 0.25) is 0 Å². The second-order valence-corrected chi connectivity index (χ2v) is 46.2. The summed E-state index contributed by atoms with van der Waals surface area (Å²) in [6.07, 6.45) is -0.456. The van der Waals surface area contributed by atoms with E-state index >= 15 is 0 Å². The Morgan fingerprint density at radius 2 is 0.799 bits per heavy atom. The van der Waals surface area contributed by atoms with E-state index in [1.165, 1.54) is 30.6 Å². The smallest absolute Gasteiger partial charge is 0.413 e. The minimum atomic E-state index is -1.93. The van der Waals surface area contributed by atoms with Crippen molar-refractivity contribution in [2.45, 2.75) is 354 Å². The van der Waals surface area contributed by atoms with Crippen LogP contribution in [0.25, 0.3) is 0 Å². The van der Waals surface area contributed by atoms with Crippen molar-refractivity contribution in [1.29, 1.82) is 0 Å². The van der Waals surface area contributed by atoms with Gasteiger partial charge in [0, 0.05) is 87.3 Å². The standard InChI is InChI=1S/C38H49NO10.C31H43NO8.C23H36O6.C16H17NO5.3C2H4O/c1-10-16-46-33(43)39-27(23-14-12-11-13-15-23)28(49-35(39,7)8)32(42)48-24-18-38(45)31(41)29-36(9,20(2)17-25-37(29,44)19-47-25)30(40)22(4)26(21(24)3)34(38,5)6;1-15-12-20-30(37,14-39-20)24-26(35)31(38)13-19(40-27(36)23(33)22(32)18-10-8-7-9-11-18)16(2)21(28(31,4)5)17(3)25(34)29(15,24)6;1-7-13-16-12(3)14(24)9-23(28,20(16,4)5)19(26)17-21(6,18(13)25)11(2)8-15-22(17,27)10-29-15;1-4-10-21-15(20)17-12(11-8-6-5-7-9-11)13(14(18)19)22-16(17,2)3;3*1-2-3/h1,11-15,20,22,24-25,27-29,31,41,44-45H,16-19H2,2-9H3;7-11,15,17,19-20,22-24,26,33,35,37-38H,12-14,32H2,1-6H3;11,13-15,17,19,24,26-28H,7-10H2,1-6H3;1,5-9,12-13H,10H2,2-3H3,(H,18,19);3*2H,1H3/t20-,22+,24-,25+,27-,28+,29-,31-,36+,37-,38+;15-,17+,19-,20+,22-,23+,24-,26-,29+,30-,31+;11-,13+,14-,15+,17-,19-,21+,22-,23+;12-,13+;;;/m0000.../s1. The number of aliphatic hydroxyl groups excluding tert-OH is 5. The fourth-order valence-electron chi connectivity index (χ4n) is 28.4. The van der Waals surface area contributed by atoms with Crippen molar-refractivity contribution >= 4 is 66.3 Å². The molecule has 9 aliphatic carbocycles. The number of aliphatic carboxylic acids is 1. The lowest BCUT2D eigenvalue weighted by Gasteiger charge is -2.67. The van der Waals surface area contributed by atoms with Crippen molar-refractivity contribution in [1.82, 2.24) is 9.80 Å². The molecule has 5 aliphatic heterocycles. The van der Waals surface area contributed by atoms with Gasteiger partial charge in [-0.15, -0.1) is 12.8 Å². The van der Waals surface area contributed by atoms with E-state index in [9.17, 15) is 99.6 Å². The number of ether oxygens (including phenoxy) is 9. The summed E-state index contributed by atoms with van der Waals surface area (Å²) in [6.45, 7) is 43.4. The quantitative estimate of drug-likeness (QED) is 0.0264. The molecule has 820 valence electrons. The number of carbonyl (C=O) groups is 11. The first-order chi connectivity index (χ1) is 69.2. The van der Waals surface area contributed by atoms with Crippen LogP contribution in [0.2, 0.25) is 0 Å². The molecule has 3 aromatic carbocycles. The molecule has 5 heterocycles. The summed E-state index contributed by atoms with van der Waals surface area (Å²) in [7, 11) is 0. The van der Waals surface area contributed by atoms with Gasteiger partial charge in [-0.1, -0.05) is 207 Å². The maximum Gasteiger partial charge on any atom is 0.413 e. The number of Topliss-reactive ketones (excluding diaryl/α,β-unsaturated/α-hetero) is 3. The molecule has 149 heavy (non-hydrogen) atoms. The highest BCUT2D eigenvalue weighted by Gasteiger charge is 2.79. The van der Waals surface area contributed by atoms with Gasteiger partial charge in [-0.05, 0) is 163 Å². The fraction of sp³-hybridized carbons (Fsp3) is 0.658. The van der Waals surface area contributed by atoms with Gasteiger partial charge in [0.25, 0.3) is 0 Å². The number of nitrogens with two attached hydrogens (primary N) is 1. The number of fused-ring (bicyclic) bond motifs is 15. The topological polar surface area (TPSA) is 546 Å². The number of terminal acetylenes is 2. The van der Waals surface area contributed by atoms with Crippen LogP contribution in [0.4, 0.5) is 9.59 Å². The predicted molar refractivity (Wildman–Crippen MR) is 542 cm³/mol. The first-order valence-corrected chi connectivity index (χ1v) is 51.5. The Morgan fingerprint density at radius 1 is 0.483 bits per heavy atom. The Bertz CT molecular complexity index is 5670. The van der Waals surface area contributed by atoms with Gasteiger partial charge in [-0.25, -0.2) is 24.0 Å². The van der Waals surface area contributed by atoms with Crippen molar-refractivity contribution in [3.8, 4) is 24.7 Å². The minimum absolute atomic E-state index is 0.00565. The zero-order valence-electron chi connectivity index (χ0n) is 90.4. The highest BCUT2D eigenvalue weighted by molar-refractivity contribution is 5.93. The first-order valence-electron chi connectivity index (χ1n) is 51.5. The molecular formula is C114H157N3O32. The van der Waals surface area contributed by atoms with E-state index in [-0.39, 0.29) is 87.4 Å². The van der Waals surface area contributed by atoms with E-state index in [0.29, 0.717) is 64.7 Å². The summed E-state index contributed by atoms with van der Waals surface area (Å²) in [5.74, 6) is -4.10. The molecule has 6 bridgehead atoms. The van der Waals surface area contributed by atoms with E-state index in [2.05, 4.69) is 11.8 Å². The number of hydrogen-bond acceptors (Lipinski definition) is 32. The molecule has 5 saturated heterocycles. The average molecular weight is 2080 g/mol. The molecule has 35 nitrogen and oxygen atoms in total. The molecular weight excluding hydrogens is 1920 g/mol. The molecule has 0 radical (unpaired) electrons. The van der Waals surface area contributed by atoms with E-state index in [4.69, 9.17) is 75.6 Å². The number of hydrogen-bond donors (Lipinski definition) is 13. The van der Waals surface area contributed by atoms with Crippen LogP contribution >= 0.6 is 0 Å². The van der Waals surface area contributed by atoms with Gasteiger partial charge in [0.05, 0.1) is 68.6 Å². The van der Waals surface area contributed by atoms with Gasteiger partial charge in [0.1, 0.15) is 106 Å². The summed E-state index contributed by atoms with van der Waals surface area (Å²) in [5, 5.41) is 140. The molecule has 14 aliphatic rings. The molecule has 0 unspecified atom stereocenters.